The van der Waals surface area contributed by atoms with Crippen LogP contribution in [0.2, 0.25) is 0 Å². The highest BCUT2D eigenvalue weighted by atomic mass is 16.6. The first-order valence-corrected chi connectivity index (χ1v) is 8.51. The second-order valence-corrected chi connectivity index (χ2v) is 6.32. The van der Waals surface area contributed by atoms with Crippen LogP contribution in [0, 0.1) is 42.2 Å². The van der Waals surface area contributed by atoms with Gasteiger partial charge in [0, 0.05) is 17.4 Å². The van der Waals surface area contributed by atoms with E-state index in [1.807, 2.05) is 6.92 Å². The van der Waals surface area contributed by atoms with Gasteiger partial charge in [0.2, 0.25) is 5.95 Å². The van der Waals surface area contributed by atoms with Gasteiger partial charge in [-0.15, -0.1) is 0 Å². The van der Waals surface area contributed by atoms with Crippen LogP contribution in [-0.4, -0.2) is 14.9 Å². The summed E-state index contributed by atoms with van der Waals surface area (Å²) in [6.07, 6.45) is 1.59. The molecule has 0 aliphatic carbocycles. The van der Waals surface area contributed by atoms with Crippen molar-refractivity contribution < 1.29 is 4.92 Å². The summed E-state index contributed by atoms with van der Waals surface area (Å²) in [5.41, 5.74) is 4.13. The zero-order chi connectivity index (χ0) is 20.3. The largest absolute Gasteiger partial charge is 0.339 e. The molecule has 8 heteroatoms. The molecule has 1 heterocycles. The number of nitriles is 1. The molecule has 0 aliphatic rings. The quantitative estimate of drug-likeness (QED) is 0.492. The molecular formula is C20H18N6O2. The summed E-state index contributed by atoms with van der Waals surface area (Å²) in [7, 11) is 0. The molecule has 2 N–H and O–H groups in total. The zero-order valence-corrected chi connectivity index (χ0v) is 15.6. The first-order chi connectivity index (χ1) is 13.4. The summed E-state index contributed by atoms with van der Waals surface area (Å²) in [4.78, 5) is 19.6. The Morgan fingerprint density at radius 3 is 2.43 bits per heavy atom. The molecule has 0 atom stereocenters. The Morgan fingerprint density at radius 1 is 1.07 bits per heavy atom. The van der Waals surface area contributed by atoms with Crippen LogP contribution in [0.4, 0.5) is 28.8 Å². The van der Waals surface area contributed by atoms with E-state index in [4.69, 9.17) is 5.26 Å². The number of benzene rings is 2. The van der Waals surface area contributed by atoms with E-state index in [0.717, 1.165) is 11.3 Å². The molecule has 1 aromatic heterocycles. The third kappa shape index (κ3) is 3.88. The third-order valence-corrected chi connectivity index (χ3v) is 4.29. The SMILES string of the molecule is Cc1cc(C)c([N+](=O)[O-])c(C)c1Nc1ccnc(Nc2ccc(C#N)cc2)n1. The number of rotatable bonds is 5. The molecule has 28 heavy (non-hydrogen) atoms. The summed E-state index contributed by atoms with van der Waals surface area (Å²) in [5.74, 6) is 0.877. The van der Waals surface area contributed by atoms with Crippen molar-refractivity contribution in [2.24, 2.45) is 0 Å². The van der Waals surface area contributed by atoms with Crippen molar-refractivity contribution >= 4 is 28.8 Å². The van der Waals surface area contributed by atoms with Crippen LogP contribution in [-0.2, 0) is 0 Å². The number of aromatic nitrogens is 2. The van der Waals surface area contributed by atoms with Gasteiger partial charge in [0.25, 0.3) is 5.69 Å². The lowest BCUT2D eigenvalue weighted by Gasteiger charge is -2.14. The van der Waals surface area contributed by atoms with Crippen molar-refractivity contribution in [1.82, 2.24) is 9.97 Å². The van der Waals surface area contributed by atoms with Crippen molar-refractivity contribution in [3.05, 3.63) is 75.0 Å². The highest BCUT2D eigenvalue weighted by Gasteiger charge is 2.20. The van der Waals surface area contributed by atoms with Gasteiger partial charge in [-0.3, -0.25) is 10.1 Å². The second kappa shape index (κ2) is 7.72. The smallest absolute Gasteiger partial charge is 0.277 e. The Labute approximate surface area is 162 Å². The lowest BCUT2D eigenvalue weighted by atomic mass is 10.0. The van der Waals surface area contributed by atoms with Crippen LogP contribution in [0.15, 0.2) is 42.6 Å². The lowest BCUT2D eigenvalue weighted by Crippen LogP contribution is -2.05. The summed E-state index contributed by atoms with van der Waals surface area (Å²) in [6, 6.07) is 12.5. The zero-order valence-electron chi connectivity index (χ0n) is 15.6. The van der Waals surface area contributed by atoms with Gasteiger partial charge in [0.1, 0.15) is 5.82 Å². The average Bonchev–Trinajstić information content (AvgIpc) is 2.65. The standard InChI is InChI=1S/C20H18N6O2/c1-12-10-13(2)19(26(27)28)14(3)18(12)24-17-8-9-22-20(25-17)23-16-6-4-15(11-21)5-7-16/h4-10H,1-3H3,(H2,22,23,24,25). The van der Waals surface area contributed by atoms with Gasteiger partial charge >= 0.3 is 0 Å². The lowest BCUT2D eigenvalue weighted by molar-refractivity contribution is -0.386. The monoisotopic (exact) mass is 374 g/mol. The number of nitrogens with zero attached hydrogens (tertiary/aromatic N) is 4. The molecule has 3 aromatic rings. The molecule has 2 aromatic carbocycles. The molecule has 8 nitrogen and oxygen atoms in total. The number of hydrogen-bond donors (Lipinski definition) is 2. The van der Waals surface area contributed by atoms with Crippen molar-refractivity contribution in [2.45, 2.75) is 20.8 Å². The summed E-state index contributed by atoms with van der Waals surface area (Å²) in [6.45, 7) is 5.34. The highest BCUT2D eigenvalue weighted by molar-refractivity contribution is 5.72. The van der Waals surface area contributed by atoms with Crippen LogP contribution in [0.25, 0.3) is 0 Å². The fourth-order valence-electron chi connectivity index (χ4n) is 3.02. The molecule has 3 rings (SSSR count). The molecule has 0 saturated heterocycles. The van der Waals surface area contributed by atoms with E-state index in [9.17, 15) is 10.1 Å². The molecule has 0 radical (unpaired) electrons. The van der Waals surface area contributed by atoms with Gasteiger partial charge in [-0.25, -0.2) is 4.98 Å². The predicted octanol–water partition coefficient (Wildman–Crippen LogP) is 4.67. The Kier molecular flexibility index (Phi) is 5.18. The van der Waals surface area contributed by atoms with Crippen molar-refractivity contribution in [3.63, 3.8) is 0 Å². The van der Waals surface area contributed by atoms with Crippen molar-refractivity contribution in [1.29, 1.82) is 5.26 Å². The molecule has 0 fully saturated rings. The topological polar surface area (TPSA) is 117 Å². The molecule has 0 amide bonds. The molecular weight excluding hydrogens is 356 g/mol. The molecule has 0 spiro atoms. The minimum atomic E-state index is -0.368. The Balaban J connectivity index is 1.88. The summed E-state index contributed by atoms with van der Waals surface area (Å²) in [5, 5.41) is 26.5. The molecule has 140 valence electrons. The van der Waals surface area contributed by atoms with Crippen LogP contribution in [0.3, 0.4) is 0 Å². The fraction of sp³-hybridized carbons (Fsp3) is 0.150. The Morgan fingerprint density at radius 2 is 1.79 bits per heavy atom. The van der Waals surface area contributed by atoms with Gasteiger partial charge in [0.15, 0.2) is 0 Å². The normalized spacial score (nSPS) is 10.2. The Hall–Kier alpha value is -3.99. The highest BCUT2D eigenvalue weighted by Crippen LogP contribution is 2.34. The fourth-order valence-corrected chi connectivity index (χ4v) is 3.02. The number of aryl methyl sites for hydroxylation is 2. The van der Waals surface area contributed by atoms with E-state index in [1.165, 1.54) is 0 Å². The van der Waals surface area contributed by atoms with E-state index in [0.29, 0.717) is 34.1 Å². The van der Waals surface area contributed by atoms with E-state index in [2.05, 4.69) is 26.7 Å². The summed E-state index contributed by atoms with van der Waals surface area (Å²) < 4.78 is 0. The van der Waals surface area contributed by atoms with Gasteiger partial charge < -0.3 is 10.6 Å². The minimum absolute atomic E-state index is 0.0955. The van der Waals surface area contributed by atoms with E-state index < -0.39 is 0 Å². The molecule has 0 bridgehead atoms. The van der Waals surface area contributed by atoms with E-state index >= 15 is 0 Å². The van der Waals surface area contributed by atoms with Gasteiger partial charge in [-0.2, -0.15) is 10.2 Å². The maximum absolute atomic E-state index is 11.4. The molecule has 0 aliphatic heterocycles. The predicted molar refractivity (Wildman–Crippen MR) is 107 cm³/mol. The first kappa shape index (κ1) is 18.8. The number of nitro benzene ring substituents is 1. The summed E-state index contributed by atoms with van der Waals surface area (Å²) >= 11 is 0. The first-order valence-electron chi connectivity index (χ1n) is 8.51. The van der Waals surface area contributed by atoms with Crippen molar-refractivity contribution in [2.75, 3.05) is 10.6 Å². The number of nitro groups is 1. The van der Waals surface area contributed by atoms with Crippen LogP contribution >= 0.6 is 0 Å². The number of anilines is 4. The van der Waals surface area contributed by atoms with Crippen LogP contribution < -0.4 is 10.6 Å². The van der Waals surface area contributed by atoms with Crippen LogP contribution in [0.1, 0.15) is 22.3 Å². The maximum atomic E-state index is 11.4. The van der Waals surface area contributed by atoms with E-state index in [-0.39, 0.29) is 10.6 Å². The van der Waals surface area contributed by atoms with E-state index in [1.54, 1.807) is 56.4 Å². The third-order valence-electron chi connectivity index (χ3n) is 4.29. The van der Waals surface area contributed by atoms with Gasteiger partial charge in [-0.1, -0.05) is 0 Å². The maximum Gasteiger partial charge on any atom is 0.277 e. The minimum Gasteiger partial charge on any atom is -0.339 e. The number of nitrogens with one attached hydrogen (secondary N) is 2. The Bertz CT molecular complexity index is 1090. The van der Waals surface area contributed by atoms with Gasteiger partial charge in [-0.05, 0) is 62.7 Å². The molecule has 0 saturated carbocycles. The molecule has 0 unspecified atom stereocenters. The second-order valence-electron chi connectivity index (χ2n) is 6.32. The van der Waals surface area contributed by atoms with Crippen molar-refractivity contribution in [3.8, 4) is 6.07 Å². The average molecular weight is 374 g/mol. The number of hydrogen-bond acceptors (Lipinski definition) is 7. The van der Waals surface area contributed by atoms with Gasteiger partial charge in [0.05, 0.1) is 27.8 Å². The van der Waals surface area contributed by atoms with Crippen LogP contribution in [0.5, 0.6) is 0 Å².